The van der Waals surface area contributed by atoms with Gasteiger partial charge in [0.1, 0.15) is 0 Å². The molecule has 0 saturated carbocycles. The van der Waals surface area contributed by atoms with Crippen LogP contribution >= 0.6 is 11.3 Å². The minimum atomic E-state index is -0.835. The molecule has 1 aromatic heterocycles. The van der Waals surface area contributed by atoms with Gasteiger partial charge in [-0.2, -0.15) is 0 Å². The van der Waals surface area contributed by atoms with Crippen molar-refractivity contribution >= 4 is 28.3 Å². The second-order valence-corrected chi connectivity index (χ2v) is 5.29. The normalized spacial score (nSPS) is 16.5. The summed E-state index contributed by atoms with van der Waals surface area (Å²) in [7, 11) is 0. The van der Waals surface area contributed by atoms with Gasteiger partial charge in [0, 0.05) is 31.6 Å². The van der Waals surface area contributed by atoms with Crippen LogP contribution in [0.2, 0.25) is 0 Å². The zero-order valence-electron chi connectivity index (χ0n) is 10.4. The van der Waals surface area contributed by atoms with Crippen LogP contribution in [0.25, 0.3) is 0 Å². The van der Waals surface area contributed by atoms with Crippen molar-refractivity contribution in [3.05, 3.63) is 11.1 Å². The molecule has 0 aliphatic carbocycles. The van der Waals surface area contributed by atoms with Crippen molar-refractivity contribution in [1.82, 2.24) is 14.8 Å². The number of hydrogen-bond acceptors (Lipinski definition) is 6. The van der Waals surface area contributed by atoms with Crippen LogP contribution < -0.4 is 5.73 Å². The molecule has 1 aliphatic heterocycles. The summed E-state index contributed by atoms with van der Waals surface area (Å²) in [5, 5.41) is 10.9. The van der Waals surface area contributed by atoms with Crippen molar-refractivity contribution in [2.45, 2.75) is 6.42 Å². The van der Waals surface area contributed by atoms with Crippen molar-refractivity contribution in [3.63, 3.8) is 0 Å². The van der Waals surface area contributed by atoms with E-state index in [2.05, 4.69) is 4.98 Å². The number of hydrogen-bond donors (Lipinski definition) is 2. The quantitative estimate of drug-likeness (QED) is 0.773. The van der Waals surface area contributed by atoms with Gasteiger partial charge in [0.2, 0.25) is 5.91 Å². The van der Waals surface area contributed by atoms with Gasteiger partial charge in [0.05, 0.1) is 18.7 Å². The second kappa shape index (κ2) is 5.98. The maximum atomic E-state index is 12.0. The average Bonchev–Trinajstić information content (AvgIpc) is 2.75. The van der Waals surface area contributed by atoms with Crippen molar-refractivity contribution < 1.29 is 14.7 Å². The fourth-order valence-electron chi connectivity index (χ4n) is 2.02. The van der Waals surface area contributed by atoms with Crippen LogP contribution in [0.5, 0.6) is 0 Å². The van der Waals surface area contributed by atoms with E-state index in [4.69, 9.17) is 10.8 Å². The number of thiazole rings is 1. The molecule has 0 radical (unpaired) electrons. The SMILES string of the molecule is Nc1nc(CC(=O)N2CCN(CC(=O)O)CC2)cs1. The summed E-state index contributed by atoms with van der Waals surface area (Å²) in [6.45, 7) is 2.34. The Morgan fingerprint density at radius 2 is 2.05 bits per heavy atom. The topological polar surface area (TPSA) is 99.8 Å². The fraction of sp³-hybridized carbons (Fsp3) is 0.545. The van der Waals surface area contributed by atoms with E-state index < -0.39 is 5.97 Å². The van der Waals surface area contributed by atoms with Gasteiger partial charge in [-0.15, -0.1) is 11.3 Å². The molecule has 1 saturated heterocycles. The average molecular weight is 284 g/mol. The number of rotatable bonds is 4. The lowest BCUT2D eigenvalue weighted by Gasteiger charge is -2.33. The molecule has 1 aromatic rings. The van der Waals surface area contributed by atoms with Crippen molar-refractivity contribution in [2.75, 3.05) is 38.5 Å². The molecule has 0 atom stereocenters. The van der Waals surface area contributed by atoms with Gasteiger partial charge < -0.3 is 15.7 Å². The van der Waals surface area contributed by atoms with Crippen LogP contribution in [-0.4, -0.2) is 64.5 Å². The van der Waals surface area contributed by atoms with Crippen molar-refractivity contribution in [3.8, 4) is 0 Å². The summed E-state index contributed by atoms with van der Waals surface area (Å²) in [6, 6.07) is 0. The third-order valence-electron chi connectivity index (χ3n) is 2.99. The zero-order chi connectivity index (χ0) is 13.8. The summed E-state index contributed by atoms with van der Waals surface area (Å²) in [6.07, 6.45) is 0.257. The molecule has 7 nitrogen and oxygen atoms in total. The first-order chi connectivity index (χ1) is 9.04. The Kier molecular flexibility index (Phi) is 4.33. The number of nitrogens with zero attached hydrogens (tertiary/aromatic N) is 3. The van der Waals surface area contributed by atoms with E-state index >= 15 is 0 Å². The van der Waals surface area contributed by atoms with E-state index in [1.165, 1.54) is 11.3 Å². The molecular formula is C11H16N4O3S. The van der Waals surface area contributed by atoms with Crippen LogP contribution in [0.4, 0.5) is 5.13 Å². The highest BCUT2D eigenvalue weighted by Gasteiger charge is 2.22. The molecule has 0 unspecified atom stereocenters. The summed E-state index contributed by atoms with van der Waals surface area (Å²) in [4.78, 5) is 30.2. The molecule has 3 N–H and O–H groups in total. The number of amides is 1. The molecule has 1 aliphatic rings. The third kappa shape index (κ3) is 3.90. The van der Waals surface area contributed by atoms with Gasteiger partial charge in [0.25, 0.3) is 0 Å². The van der Waals surface area contributed by atoms with Gasteiger partial charge >= 0.3 is 5.97 Å². The smallest absolute Gasteiger partial charge is 0.317 e. The first-order valence-electron chi connectivity index (χ1n) is 5.96. The molecule has 2 heterocycles. The van der Waals surface area contributed by atoms with Crippen LogP contribution in [0.1, 0.15) is 5.69 Å². The van der Waals surface area contributed by atoms with E-state index in [9.17, 15) is 9.59 Å². The Morgan fingerprint density at radius 1 is 1.37 bits per heavy atom. The second-order valence-electron chi connectivity index (χ2n) is 4.40. The number of anilines is 1. The maximum absolute atomic E-state index is 12.0. The highest BCUT2D eigenvalue weighted by atomic mass is 32.1. The van der Waals surface area contributed by atoms with E-state index in [1.807, 2.05) is 4.90 Å². The molecule has 0 aromatic carbocycles. The number of aliphatic carboxylic acids is 1. The number of aromatic nitrogens is 1. The van der Waals surface area contributed by atoms with Crippen LogP contribution in [0, 0.1) is 0 Å². The standard InChI is InChI=1S/C11H16N4O3S/c12-11-13-8(7-19-11)5-9(16)15-3-1-14(2-4-15)6-10(17)18/h7H,1-6H2,(H2,12,13)(H,17,18). The number of piperazine rings is 1. The molecule has 2 rings (SSSR count). The monoisotopic (exact) mass is 284 g/mol. The van der Waals surface area contributed by atoms with E-state index in [-0.39, 0.29) is 18.9 Å². The number of carbonyl (C=O) groups is 2. The lowest BCUT2D eigenvalue weighted by Crippen LogP contribution is -2.50. The zero-order valence-corrected chi connectivity index (χ0v) is 11.2. The largest absolute Gasteiger partial charge is 0.480 e. The number of carbonyl (C=O) groups excluding carboxylic acids is 1. The predicted molar refractivity (Wildman–Crippen MR) is 70.9 cm³/mol. The number of carboxylic acids is 1. The van der Waals surface area contributed by atoms with E-state index in [1.54, 1.807) is 10.3 Å². The molecule has 1 fully saturated rings. The minimum absolute atomic E-state index is 0.0141. The summed E-state index contributed by atoms with van der Waals surface area (Å²) < 4.78 is 0. The Bertz CT molecular complexity index is 468. The van der Waals surface area contributed by atoms with E-state index in [0.717, 1.165) is 0 Å². The highest BCUT2D eigenvalue weighted by Crippen LogP contribution is 2.13. The molecule has 0 bridgehead atoms. The number of carboxylic acid groups (broad SMARTS) is 1. The maximum Gasteiger partial charge on any atom is 0.317 e. The summed E-state index contributed by atoms with van der Waals surface area (Å²) in [5.74, 6) is -0.821. The first-order valence-corrected chi connectivity index (χ1v) is 6.84. The number of nitrogen functional groups attached to an aromatic ring is 1. The minimum Gasteiger partial charge on any atom is -0.480 e. The summed E-state index contributed by atoms with van der Waals surface area (Å²) in [5.41, 5.74) is 6.21. The Labute approximate surface area is 114 Å². The van der Waals surface area contributed by atoms with Gasteiger partial charge in [-0.3, -0.25) is 14.5 Å². The Hall–Kier alpha value is -1.67. The predicted octanol–water partition coefficient (Wildman–Crippen LogP) is -0.503. The molecule has 19 heavy (non-hydrogen) atoms. The third-order valence-corrected chi connectivity index (χ3v) is 3.71. The lowest BCUT2D eigenvalue weighted by molar-refractivity contribution is -0.139. The van der Waals surface area contributed by atoms with Crippen molar-refractivity contribution in [2.24, 2.45) is 0 Å². The van der Waals surface area contributed by atoms with Crippen LogP contribution in [-0.2, 0) is 16.0 Å². The Morgan fingerprint density at radius 3 is 2.58 bits per heavy atom. The Balaban J connectivity index is 1.80. The molecule has 0 spiro atoms. The van der Waals surface area contributed by atoms with Crippen LogP contribution in [0.3, 0.4) is 0 Å². The van der Waals surface area contributed by atoms with Crippen LogP contribution in [0.15, 0.2) is 5.38 Å². The number of nitrogens with two attached hydrogens (primary N) is 1. The fourth-order valence-corrected chi connectivity index (χ4v) is 2.58. The summed E-state index contributed by atoms with van der Waals surface area (Å²) >= 11 is 1.32. The molecular weight excluding hydrogens is 268 g/mol. The van der Waals surface area contributed by atoms with Gasteiger partial charge in [-0.1, -0.05) is 0 Å². The first kappa shape index (κ1) is 13.8. The van der Waals surface area contributed by atoms with Gasteiger partial charge in [-0.25, -0.2) is 4.98 Å². The molecule has 104 valence electrons. The van der Waals surface area contributed by atoms with E-state index in [0.29, 0.717) is 37.0 Å². The molecule has 1 amide bonds. The van der Waals surface area contributed by atoms with Crippen molar-refractivity contribution in [1.29, 1.82) is 0 Å². The lowest BCUT2D eigenvalue weighted by atomic mass is 10.2. The van der Waals surface area contributed by atoms with Gasteiger partial charge in [0.15, 0.2) is 5.13 Å². The van der Waals surface area contributed by atoms with Gasteiger partial charge in [-0.05, 0) is 0 Å². The highest BCUT2D eigenvalue weighted by molar-refractivity contribution is 7.13. The molecule has 8 heteroatoms.